The molecule has 0 unspecified atom stereocenters. The van der Waals surface area contributed by atoms with Crippen LogP contribution in [0.3, 0.4) is 0 Å². The number of hydrogen-bond donors (Lipinski definition) is 2. The quantitative estimate of drug-likeness (QED) is 0.766. The summed E-state index contributed by atoms with van der Waals surface area (Å²) in [7, 11) is 0. The van der Waals surface area contributed by atoms with E-state index in [2.05, 4.69) is 10.6 Å². The van der Waals surface area contributed by atoms with Gasteiger partial charge < -0.3 is 20.0 Å². The van der Waals surface area contributed by atoms with Gasteiger partial charge >= 0.3 is 0 Å². The van der Waals surface area contributed by atoms with E-state index in [9.17, 15) is 14.4 Å². The summed E-state index contributed by atoms with van der Waals surface area (Å²) in [5, 5.41) is 5.60. The first-order valence-electron chi connectivity index (χ1n) is 9.41. The number of hydrogen-bond acceptors (Lipinski definition) is 4. The molecule has 0 radical (unpaired) electrons. The molecule has 1 saturated heterocycles. The Morgan fingerprint density at radius 3 is 2.57 bits per heavy atom. The van der Waals surface area contributed by atoms with Gasteiger partial charge in [-0.25, -0.2) is 0 Å². The van der Waals surface area contributed by atoms with E-state index in [0.29, 0.717) is 12.3 Å². The van der Waals surface area contributed by atoms with E-state index in [4.69, 9.17) is 4.42 Å². The summed E-state index contributed by atoms with van der Waals surface area (Å²) in [6, 6.07) is 12.1. The third-order valence-corrected chi connectivity index (χ3v) is 4.83. The van der Waals surface area contributed by atoms with Crippen molar-refractivity contribution in [3.8, 4) is 0 Å². The summed E-state index contributed by atoms with van der Waals surface area (Å²) in [6.45, 7) is 4.31. The topological polar surface area (TPSA) is 91.7 Å². The molecule has 1 aromatic carbocycles. The molecule has 3 amide bonds. The van der Waals surface area contributed by atoms with E-state index >= 15 is 0 Å². The number of furan rings is 1. The van der Waals surface area contributed by atoms with Gasteiger partial charge in [-0.05, 0) is 30.2 Å². The van der Waals surface area contributed by atoms with Crippen LogP contribution in [0.5, 0.6) is 0 Å². The van der Waals surface area contributed by atoms with Crippen molar-refractivity contribution in [2.75, 3.05) is 11.4 Å². The summed E-state index contributed by atoms with van der Waals surface area (Å²) >= 11 is 0. The Morgan fingerprint density at radius 2 is 1.93 bits per heavy atom. The van der Waals surface area contributed by atoms with Gasteiger partial charge in [0, 0.05) is 18.7 Å². The number of rotatable bonds is 7. The zero-order chi connectivity index (χ0) is 20.1. The molecule has 7 heteroatoms. The molecule has 1 aliphatic heterocycles. The lowest BCUT2D eigenvalue weighted by Crippen LogP contribution is -2.51. The monoisotopic (exact) mass is 383 g/mol. The average Bonchev–Trinajstić information content (AvgIpc) is 3.34. The molecule has 0 aliphatic carbocycles. The van der Waals surface area contributed by atoms with Crippen LogP contribution in [0.1, 0.15) is 26.0 Å². The number of carbonyl (C=O) groups excluding carboxylic acids is 3. The van der Waals surface area contributed by atoms with Crippen LogP contribution in [0, 0.1) is 11.8 Å². The fourth-order valence-corrected chi connectivity index (χ4v) is 3.24. The molecule has 3 rings (SSSR count). The average molecular weight is 383 g/mol. The Bertz CT molecular complexity index is 817. The molecule has 2 N–H and O–H groups in total. The van der Waals surface area contributed by atoms with E-state index in [1.165, 1.54) is 0 Å². The van der Waals surface area contributed by atoms with Crippen LogP contribution < -0.4 is 15.5 Å². The summed E-state index contributed by atoms with van der Waals surface area (Å²) < 4.78 is 5.21. The molecule has 2 atom stereocenters. The van der Waals surface area contributed by atoms with Gasteiger partial charge in [-0.2, -0.15) is 0 Å². The van der Waals surface area contributed by atoms with E-state index in [1.807, 2.05) is 44.2 Å². The van der Waals surface area contributed by atoms with Crippen molar-refractivity contribution in [1.82, 2.24) is 10.6 Å². The first-order chi connectivity index (χ1) is 13.5. The van der Waals surface area contributed by atoms with Crippen molar-refractivity contribution in [3.05, 3.63) is 54.5 Å². The fraction of sp³-hybridized carbons (Fsp3) is 0.381. The highest BCUT2D eigenvalue weighted by molar-refractivity contribution is 6.01. The lowest BCUT2D eigenvalue weighted by Gasteiger charge is -2.23. The van der Waals surface area contributed by atoms with Crippen LogP contribution in [0.4, 0.5) is 5.69 Å². The number of anilines is 1. The van der Waals surface area contributed by atoms with Crippen molar-refractivity contribution < 1.29 is 18.8 Å². The minimum atomic E-state index is -0.677. The highest BCUT2D eigenvalue weighted by Crippen LogP contribution is 2.25. The van der Waals surface area contributed by atoms with Crippen LogP contribution in [0.2, 0.25) is 0 Å². The van der Waals surface area contributed by atoms with Gasteiger partial charge in [0.05, 0.1) is 18.7 Å². The molecule has 7 nitrogen and oxygen atoms in total. The Balaban J connectivity index is 1.59. The first-order valence-corrected chi connectivity index (χ1v) is 9.41. The maximum Gasteiger partial charge on any atom is 0.243 e. The number of carbonyl (C=O) groups is 3. The third-order valence-electron chi connectivity index (χ3n) is 4.83. The SMILES string of the molecule is CC(C)[C@H](NC(=O)[C@H]1CC(=O)N(c2ccccc2)C1)C(=O)NCc1ccco1. The number of nitrogens with one attached hydrogen (secondary N) is 2. The van der Waals surface area contributed by atoms with Crippen LogP contribution >= 0.6 is 0 Å². The number of nitrogens with zero attached hydrogens (tertiary/aromatic N) is 1. The smallest absolute Gasteiger partial charge is 0.243 e. The van der Waals surface area contributed by atoms with Gasteiger partial charge in [-0.3, -0.25) is 14.4 Å². The van der Waals surface area contributed by atoms with Gasteiger partial charge in [0.15, 0.2) is 0 Å². The second-order valence-electron chi connectivity index (χ2n) is 7.27. The standard InChI is InChI=1S/C21H25N3O4/c1-14(2)19(21(27)22-12-17-9-6-10-28-17)23-20(26)15-11-18(25)24(13-15)16-7-4-3-5-8-16/h3-10,14-15,19H,11-13H2,1-2H3,(H,22,27)(H,23,26)/t15-,19-/m0/s1. The Hall–Kier alpha value is -3.09. The highest BCUT2D eigenvalue weighted by Gasteiger charge is 2.37. The predicted molar refractivity (Wildman–Crippen MR) is 104 cm³/mol. The molecular weight excluding hydrogens is 358 g/mol. The van der Waals surface area contributed by atoms with Crippen molar-refractivity contribution in [1.29, 1.82) is 0 Å². The number of amides is 3. The second-order valence-corrected chi connectivity index (χ2v) is 7.27. The zero-order valence-electron chi connectivity index (χ0n) is 16.1. The maximum atomic E-state index is 12.7. The van der Waals surface area contributed by atoms with Crippen LogP contribution in [0.25, 0.3) is 0 Å². The molecule has 1 fully saturated rings. The van der Waals surface area contributed by atoms with Gasteiger partial charge in [-0.15, -0.1) is 0 Å². The second kappa shape index (κ2) is 8.73. The van der Waals surface area contributed by atoms with Gasteiger partial charge in [0.1, 0.15) is 11.8 Å². The van der Waals surface area contributed by atoms with Crippen LogP contribution in [-0.4, -0.2) is 30.3 Å². The number of para-hydroxylation sites is 1. The molecule has 148 valence electrons. The molecule has 0 bridgehead atoms. The zero-order valence-corrected chi connectivity index (χ0v) is 16.1. The van der Waals surface area contributed by atoms with Gasteiger partial charge in [-0.1, -0.05) is 32.0 Å². The van der Waals surface area contributed by atoms with Crippen LogP contribution in [0.15, 0.2) is 53.1 Å². The normalized spacial score (nSPS) is 17.6. The van der Waals surface area contributed by atoms with E-state index < -0.39 is 12.0 Å². The van der Waals surface area contributed by atoms with E-state index in [1.54, 1.807) is 23.3 Å². The fourth-order valence-electron chi connectivity index (χ4n) is 3.24. The Morgan fingerprint density at radius 1 is 1.18 bits per heavy atom. The molecule has 0 saturated carbocycles. The van der Waals surface area contributed by atoms with Crippen LogP contribution in [-0.2, 0) is 20.9 Å². The summed E-state index contributed by atoms with van der Waals surface area (Å²) in [6.07, 6.45) is 1.68. The van der Waals surface area contributed by atoms with Crippen molar-refractivity contribution in [2.45, 2.75) is 32.9 Å². The minimum Gasteiger partial charge on any atom is -0.467 e. The lowest BCUT2D eigenvalue weighted by atomic mass is 10.0. The van der Waals surface area contributed by atoms with Crippen molar-refractivity contribution >= 4 is 23.4 Å². The van der Waals surface area contributed by atoms with Gasteiger partial charge in [0.2, 0.25) is 17.7 Å². The molecule has 2 aromatic rings. The third kappa shape index (κ3) is 4.60. The first kappa shape index (κ1) is 19.7. The summed E-state index contributed by atoms with van der Waals surface area (Å²) in [4.78, 5) is 39.2. The molecule has 0 spiro atoms. The van der Waals surface area contributed by atoms with Crippen molar-refractivity contribution in [2.24, 2.45) is 11.8 Å². The number of benzene rings is 1. The molecule has 28 heavy (non-hydrogen) atoms. The van der Waals surface area contributed by atoms with E-state index in [-0.39, 0.29) is 36.6 Å². The molecule has 2 heterocycles. The minimum absolute atomic E-state index is 0.0882. The predicted octanol–water partition coefficient (Wildman–Crippen LogP) is 2.09. The molecular formula is C21H25N3O4. The van der Waals surface area contributed by atoms with Gasteiger partial charge in [0.25, 0.3) is 0 Å². The van der Waals surface area contributed by atoms with Crippen molar-refractivity contribution in [3.63, 3.8) is 0 Å². The molecule has 1 aliphatic rings. The molecule has 1 aromatic heterocycles. The highest BCUT2D eigenvalue weighted by atomic mass is 16.3. The summed E-state index contributed by atoms with van der Waals surface area (Å²) in [5.74, 6) is -0.575. The largest absolute Gasteiger partial charge is 0.467 e. The maximum absolute atomic E-state index is 12.7. The Labute approximate surface area is 164 Å². The Kier molecular flexibility index (Phi) is 6.13. The lowest BCUT2D eigenvalue weighted by molar-refractivity contribution is -0.132. The van der Waals surface area contributed by atoms with E-state index in [0.717, 1.165) is 5.69 Å². The summed E-state index contributed by atoms with van der Waals surface area (Å²) in [5.41, 5.74) is 0.777.